The lowest BCUT2D eigenvalue weighted by atomic mass is 9.92. The number of hydrogen-bond acceptors (Lipinski definition) is 1. The first-order valence-electron chi connectivity index (χ1n) is 5.03. The second-order valence-electron chi connectivity index (χ2n) is 4.08. The zero-order valence-electron chi connectivity index (χ0n) is 8.67. The Bertz CT molecular complexity index is 256. The SMILES string of the molecule is CC(N)(CCCl)CCc1ccccc1. The molecule has 0 aliphatic rings. The van der Waals surface area contributed by atoms with Crippen molar-refractivity contribution in [3.63, 3.8) is 0 Å². The van der Waals surface area contributed by atoms with Crippen LogP contribution in [-0.4, -0.2) is 11.4 Å². The van der Waals surface area contributed by atoms with Gasteiger partial charge in [-0.2, -0.15) is 0 Å². The van der Waals surface area contributed by atoms with Crippen molar-refractivity contribution in [3.05, 3.63) is 35.9 Å². The normalized spacial score (nSPS) is 15.1. The number of halogens is 1. The maximum absolute atomic E-state index is 6.09. The van der Waals surface area contributed by atoms with E-state index in [0.29, 0.717) is 5.88 Å². The molecule has 78 valence electrons. The molecule has 14 heavy (non-hydrogen) atoms. The molecule has 0 radical (unpaired) electrons. The van der Waals surface area contributed by atoms with Crippen LogP contribution in [0, 0.1) is 0 Å². The third kappa shape index (κ3) is 4.12. The third-order valence-electron chi connectivity index (χ3n) is 2.49. The van der Waals surface area contributed by atoms with Gasteiger partial charge in [0.1, 0.15) is 0 Å². The summed E-state index contributed by atoms with van der Waals surface area (Å²) in [5.74, 6) is 0.641. The van der Waals surface area contributed by atoms with E-state index in [2.05, 4.69) is 31.2 Å². The molecule has 1 nitrogen and oxygen atoms in total. The van der Waals surface area contributed by atoms with Gasteiger partial charge in [-0.1, -0.05) is 30.3 Å². The summed E-state index contributed by atoms with van der Waals surface area (Å²) < 4.78 is 0. The molecule has 2 heteroatoms. The minimum Gasteiger partial charge on any atom is -0.325 e. The number of hydrogen-bond donors (Lipinski definition) is 1. The van der Waals surface area contributed by atoms with Crippen LogP contribution < -0.4 is 5.73 Å². The van der Waals surface area contributed by atoms with E-state index in [1.807, 2.05) is 6.07 Å². The Morgan fingerprint density at radius 2 is 1.86 bits per heavy atom. The van der Waals surface area contributed by atoms with Crippen molar-refractivity contribution >= 4 is 11.6 Å². The van der Waals surface area contributed by atoms with Crippen LogP contribution >= 0.6 is 11.6 Å². The van der Waals surface area contributed by atoms with Crippen LogP contribution in [0.4, 0.5) is 0 Å². The Balaban J connectivity index is 2.40. The minimum atomic E-state index is -0.127. The molecule has 1 aromatic carbocycles. The van der Waals surface area contributed by atoms with Crippen molar-refractivity contribution in [2.24, 2.45) is 5.73 Å². The van der Waals surface area contributed by atoms with E-state index in [4.69, 9.17) is 17.3 Å². The summed E-state index contributed by atoms with van der Waals surface area (Å²) in [6.45, 7) is 2.07. The standard InChI is InChI=1S/C12H18ClN/c1-12(14,9-10-13)8-7-11-5-3-2-4-6-11/h2-6H,7-10,14H2,1H3. The molecule has 1 rings (SSSR count). The molecular formula is C12H18ClN. The topological polar surface area (TPSA) is 26.0 Å². The highest BCUT2D eigenvalue weighted by molar-refractivity contribution is 6.17. The maximum Gasteiger partial charge on any atom is 0.0240 e. The zero-order valence-corrected chi connectivity index (χ0v) is 9.43. The van der Waals surface area contributed by atoms with Crippen LogP contribution in [-0.2, 0) is 6.42 Å². The first-order chi connectivity index (χ1) is 6.64. The van der Waals surface area contributed by atoms with E-state index in [1.165, 1.54) is 5.56 Å². The molecule has 0 fully saturated rings. The predicted molar refractivity (Wildman–Crippen MR) is 62.7 cm³/mol. The Hall–Kier alpha value is -0.530. The van der Waals surface area contributed by atoms with Gasteiger partial charge in [0.2, 0.25) is 0 Å². The van der Waals surface area contributed by atoms with Crippen LogP contribution in [0.25, 0.3) is 0 Å². The molecule has 1 unspecified atom stereocenters. The summed E-state index contributed by atoms with van der Waals surface area (Å²) in [5.41, 5.74) is 7.31. The summed E-state index contributed by atoms with van der Waals surface area (Å²) in [6, 6.07) is 10.4. The zero-order chi connectivity index (χ0) is 10.4. The van der Waals surface area contributed by atoms with Gasteiger partial charge in [-0.3, -0.25) is 0 Å². The first kappa shape index (κ1) is 11.5. The average molecular weight is 212 g/mol. The Morgan fingerprint density at radius 3 is 2.43 bits per heavy atom. The predicted octanol–water partition coefficient (Wildman–Crippen LogP) is 2.97. The smallest absolute Gasteiger partial charge is 0.0240 e. The summed E-state index contributed by atoms with van der Waals surface area (Å²) >= 11 is 5.69. The number of rotatable bonds is 5. The van der Waals surface area contributed by atoms with Crippen LogP contribution in [0.1, 0.15) is 25.3 Å². The van der Waals surface area contributed by atoms with Crippen molar-refractivity contribution in [1.82, 2.24) is 0 Å². The molecule has 0 heterocycles. The molecule has 0 bridgehead atoms. The van der Waals surface area contributed by atoms with E-state index >= 15 is 0 Å². The fourth-order valence-corrected chi connectivity index (χ4v) is 1.85. The molecule has 1 aromatic rings. The van der Waals surface area contributed by atoms with Crippen molar-refractivity contribution in [2.45, 2.75) is 31.7 Å². The molecule has 2 N–H and O–H groups in total. The lowest BCUT2D eigenvalue weighted by molar-refractivity contribution is 0.421. The van der Waals surface area contributed by atoms with Crippen molar-refractivity contribution in [3.8, 4) is 0 Å². The summed E-state index contributed by atoms with van der Waals surface area (Å²) in [6.07, 6.45) is 2.90. The minimum absolute atomic E-state index is 0.127. The van der Waals surface area contributed by atoms with Crippen LogP contribution in [0.2, 0.25) is 0 Å². The van der Waals surface area contributed by atoms with Gasteiger partial charge in [-0.15, -0.1) is 11.6 Å². The van der Waals surface area contributed by atoms with Gasteiger partial charge in [-0.05, 0) is 31.7 Å². The fourth-order valence-electron chi connectivity index (χ4n) is 1.42. The molecule has 0 aromatic heterocycles. The summed E-state index contributed by atoms with van der Waals surface area (Å²) in [5, 5.41) is 0. The fraction of sp³-hybridized carbons (Fsp3) is 0.500. The van der Waals surface area contributed by atoms with Gasteiger partial charge in [0, 0.05) is 11.4 Å². The molecule has 1 atom stereocenters. The second-order valence-corrected chi connectivity index (χ2v) is 4.46. The Kier molecular flexibility index (Phi) is 4.43. The summed E-state index contributed by atoms with van der Waals surface area (Å²) in [7, 11) is 0. The van der Waals surface area contributed by atoms with Crippen LogP contribution in [0.3, 0.4) is 0 Å². The van der Waals surface area contributed by atoms with E-state index < -0.39 is 0 Å². The third-order valence-corrected chi connectivity index (χ3v) is 2.68. The monoisotopic (exact) mass is 211 g/mol. The van der Waals surface area contributed by atoms with Gasteiger partial charge in [0.05, 0.1) is 0 Å². The van der Waals surface area contributed by atoms with Crippen LogP contribution in [0.5, 0.6) is 0 Å². The van der Waals surface area contributed by atoms with E-state index in [-0.39, 0.29) is 5.54 Å². The van der Waals surface area contributed by atoms with E-state index in [0.717, 1.165) is 19.3 Å². The van der Waals surface area contributed by atoms with Gasteiger partial charge < -0.3 is 5.73 Å². The molecule has 0 spiro atoms. The van der Waals surface area contributed by atoms with Gasteiger partial charge >= 0.3 is 0 Å². The van der Waals surface area contributed by atoms with Crippen molar-refractivity contribution in [1.29, 1.82) is 0 Å². The Labute approximate surface area is 91.3 Å². The highest BCUT2D eigenvalue weighted by atomic mass is 35.5. The molecule has 0 aliphatic carbocycles. The number of alkyl halides is 1. The van der Waals surface area contributed by atoms with Crippen molar-refractivity contribution in [2.75, 3.05) is 5.88 Å². The van der Waals surface area contributed by atoms with Gasteiger partial charge in [0.15, 0.2) is 0 Å². The first-order valence-corrected chi connectivity index (χ1v) is 5.56. The molecule has 0 saturated carbocycles. The average Bonchev–Trinajstić information content (AvgIpc) is 2.17. The highest BCUT2D eigenvalue weighted by Crippen LogP contribution is 2.15. The van der Waals surface area contributed by atoms with Crippen molar-refractivity contribution < 1.29 is 0 Å². The number of aryl methyl sites for hydroxylation is 1. The molecule has 0 amide bonds. The largest absolute Gasteiger partial charge is 0.325 e. The van der Waals surface area contributed by atoms with Crippen LogP contribution in [0.15, 0.2) is 30.3 Å². The number of benzene rings is 1. The lowest BCUT2D eigenvalue weighted by Crippen LogP contribution is -2.37. The van der Waals surface area contributed by atoms with Gasteiger partial charge in [0.25, 0.3) is 0 Å². The second kappa shape index (κ2) is 5.38. The number of nitrogens with two attached hydrogens (primary N) is 1. The van der Waals surface area contributed by atoms with E-state index in [9.17, 15) is 0 Å². The summed E-state index contributed by atoms with van der Waals surface area (Å²) in [4.78, 5) is 0. The quantitative estimate of drug-likeness (QED) is 0.745. The lowest BCUT2D eigenvalue weighted by Gasteiger charge is -2.23. The molecule has 0 aliphatic heterocycles. The van der Waals surface area contributed by atoms with Gasteiger partial charge in [-0.25, -0.2) is 0 Å². The van der Waals surface area contributed by atoms with E-state index in [1.54, 1.807) is 0 Å². The molecular weight excluding hydrogens is 194 g/mol. The maximum atomic E-state index is 6.09. The highest BCUT2D eigenvalue weighted by Gasteiger charge is 2.16. The molecule has 0 saturated heterocycles. The Morgan fingerprint density at radius 1 is 1.21 bits per heavy atom.